The Hall–Kier alpha value is -1.20. The zero-order chi connectivity index (χ0) is 20.3. The molecule has 0 unspecified atom stereocenters. The molecule has 1 aliphatic heterocycles. The summed E-state index contributed by atoms with van der Waals surface area (Å²) < 4.78 is 32.8. The first-order valence-electron chi connectivity index (χ1n) is 8.23. The molecular weight excluding hydrogens is 382 g/mol. The minimum Gasteiger partial charge on any atom is -0.444 e. The predicted octanol–water partition coefficient (Wildman–Crippen LogP) is 1.09. The molecule has 2 atom stereocenters. The molecule has 1 aliphatic rings. The molecule has 0 bridgehead atoms. The second-order valence-electron chi connectivity index (χ2n) is 8.01. The molecule has 0 aromatic rings. The zero-order valence-electron chi connectivity index (χ0n) is 15.8. The fraction of sp³-hybridized carbons (Fsp3) is 0.867. The van der Waals surface area contributed by atoms with E-state index in [4.69, 9.17) is 14.6 Å². The summed E-state index contributed by atoms with van der Waals surface area (Å²) in [6.45, 7) is 8.77. The van der Waals surface area contributed by atoms with Crippen LogP contribution in [0.3, 0.4) is 0 Å². The van der Waals surface area contributed by atoms with Crippen LogP contribution in [0, 0.1) is 0 Å². The summed E-state index contributed by atoms with van der Waals surface area (Å²) in [5, 5.41) is 7.51. The lowest BCUT2D eigenvalue weighted by Gasteiger charge is -2.29. The first kappa shape index (κ1) is 22.8. The van der Waals surface area contributed by atoms with Crippen LogP contribution in [0.5, 0.6) is 0 Å². The number of primary sulfonamides is 1. The van der Waals surface area contributed by atoms with Crippen LogP contribution in [0.15, 0.2) is 0 Å². The van der Waals surface area contributed by atoms with E-state index in [0.717, 1.165) is 0 Å². The molecule has 1 saturated heterocycles. The number of likely N-dealkylation sites (tertiary alicyclic amines) is 1. The van der Waals surface area contributed by atoms with Crippen molar-refractivity contribution in [2.75, 3.05) is 18.8 Å². The first-order valence-corrected chi connectivity index (χ1v) is 10.5. The van der Waals surface area contributed by atoms with Crippen molar-refractivity contribution in [2.24, 2.45) is 5.14 Å². The zero-order valence-corrected chi connectivity index (χ0v) is 17.5. The monoisotopic (exact) mass is 411 g/mol. The Morgan fingerprint density at radius 3 is 2.31 bits per heavy atom. The fourth-order valence-corrected chi connectivity index (χ4v) is 4.08. The van der Waals surface area contributed by atoms with Crippen LogP contribution < -0.4 is 10.5 Å². The van der Waals surface area contributed by atoms with Crippen molar-refractivity contribution in [3.63, 3.8) is 0 Å². The number of carbonyl (C=O) groups is 2. The van der Waals surface area contributed by atoms with Crippen molar-refractivity contribution in [1.29, 1.82) is 0 Å². The van der Waals surface area contributed by atoms with Gasteiger partial charge in [0.15, 0.2) is 0 Å². The maximum Gasteiger partial charge on any atom is 0.410 e. The molecule has 0 aromatic heterocycles. The lowest BCUT2D eigenvalue weighted by molar-refractivity contribution is 0.0213. The molecule has 0 saturated carbocycles. The molecule has 11 heteroatoms. The van der Waals surface area contributed by atoms with Gasteiger partial charge in [0.25, 0.3) is 0 Å². The summed E-state index contributed by atoms with van der Waals surface area (Å²) in [7, 11) is -3.79. The van der Waals surface area contributed by atoms with E-state index >= 15 is 0 Å². The Bertz CT molecular complexity index is 630. The number of carbonyl (C=O) groups excluding carboxylic acids is 2. The van der Waals surface area contributed by atoms with Crippen molar-refractivity contribution in [3.8, 4) is 0 Å². The van der Waals surface area contributed by atoms with Gasteiger partial charge in [-0.25, -0.2) is 23.1 Å². The molecule has 1 heterocycles. The van der Waals surface area contributed by atoms with E-state index in [0.29, 0.717) is 13.0 Å². The topological polar surface area (TPSA) is 128 Å². The predicted molar refractivity (Wildman–Crippen MR) is 101 cm³/mol. The molecule has 0 aromatic carbocycles. The summed E-state index contributed by atoms with van der Waals surface area (Å²) in [6, 6.07) is -0.291. The Labute approximate surface area is 160 Å². The third-order valence-electron chi connectivity index (χ3n) is 3.42. The molecule has 26 heavy (non-hydrogen) atoms. The highest BCUT2D eigenvalue weighted by atomic mass is 32.2. The van der Waals surface area contributed by atoms with Crippen molar-refractivity contribution >= 4 is 34.8 Å². The minimum absolute atomic E-state index is 0.0239. The average molecular weight is 412 g/mol. The van der Waals surface area contributed by atoms with Gasteiger partial charge in [-0.2, -0.15) is 12.6 Å². The van der Waals surface area contributed by atoms with Gasteiger partial charge in [-0.3, -0.25) is 0 Å². The standard InChI is InChI=1S/C15H29N3O6S2/c1-14(2,3)24-13(20)18-8-11(25)6-10(18)7-17-12(19)23-15(4,5)9-26(16,21)22/h10-11,25H,6-9H2,1-5H3,(H,17,19)(H2,16,21,22)/t10-,11-/m0/s1. The lowest BCUT2D eigenvalue weighted by Crippen LogP contribution is -2.47. The number of nitrogens with one attached hydrogen (secondary N) is 1. The average Bonchev–Trinajstić information content (AvgIpc) is 2.72. The number of rotatable bonds is 5. The summed E-state index contributed by atoms with van der Waals surface area (Å²) >= 11 is 4.40. The Morgan fingerprint density at radius 1 is 1.23 bits per heavy atom. The Balaban J connectivity index is 2.61. The molecule has 1 fully saturated rings. The molecule has 152 valence electrons. The number of alkyl carbamates (subject to hydrolysis) is 1. The first-order chi connectivity index (χ1) is 11.6. The molecular formula is C15H29N3O6S2. The quantitative estimate of drug-likeness (QED) is 0.581. The number of ether oxygens (including phenoxy) is 2. The number of thiol groups is 1. The number of amides is 2. The van der Waals surface area contributed by atoms with Crippen molar-refractivity contribution in [1.82, 2.24) is 10.2 Å². The van der Waals surface area contributed by atoms with Gasteiger partial charge in [-0.05, 0) is 41.0 Å². The molecule has 0 spiro atoms. The smallest absolute Gasteiger partial charge is 0.410 e. The van der Waals surface area contributed by atoms with E-state index in [2.05, 4.69) is 17.9 Å². The number of hydrogen-bond acceptors (Lipinski definition) is 7. The van der Waals surface area contributed by atoms with Crippen LogP contribution in [0.2, 0.25) is 0 Å². The second-order valence-corrected chi connectivity index (χ2v) is 10.4. The van der Waals surface area contributed by atoms with E-state index < -0.39 is 39.2 Å². The molecule has 2 amide bonds. The summed E-state index contributed by atoms with van der Waals surface area (Å²) in [5.41, 5.74) is -1.90. The van der Waals surface area contributed by atoms with Gasteiger partial charge in [0.1, 0.15) is 17.0 Å². The highest BCUT2D eigenvalue weighted by molar-refractivity contribution is 7.89. The largest absolute Gasteiger partial charge is 0.444 e. The van der Waals surface area contributed by atoms with Gasteiger partial charge < -0.3 is 19.7 Å². The maximum absolute atomic E-state index is 12.3. The summed E-state index contributed by atoms with van der Waals surface area (Å²) in [6.07, 6.45) is -0.669. The molecule has 1 rings (SSSR count). The Morgan fingerprint density at radius 2 is 1.81 bits per heavy atom. The van der Waals surface area contributed by atoms with Gasteiger partial charge in [0, 0.05) is 18.3 Å². The van der Waals surface area contributed by atoms with E-state index in [1.165, 1.54) is 18.7 Å². The minimum atomic E-state index is -3.79. The molecule has 3 N–H and O–H groups in total. The maximum atomic E-state index is 12.3. The summed E-state index contributed by atoms with van der Waals surface area (Å²) in [5.74, 6) is -0.500. The van der Waals surface area contributed by atoms with Gasteiger partial charge in [0.2, 0.25) is 10.0 Å². The second kappa shape index (κ2) is 8.22. The van der Waals surface area contributed by atoms with Crippen molar-refractivity contribution in [2.45, 2.75) is 63.5 Å². The normalized spacial score (nSPS) is 21.4. The van der Waals surface area contributed by atoms with Crippen LogP contribution in [0.1, 0.15) is 41.0 Å². The fourth-order valence-electron chi connectivity index (χ4n) is 2.63. The van der Waals surface area contributed by atoms with Crippen LogP contribution >= 0.6 is 12.6 Å². The number of sulfonamides is 1. The van der Waals surface area contributed by atoms with Gasteiger partial charge in [-0.1, -0.05) is 0 Å². The highest BCUT2D eigenvalue weighted by Gasteiger charge is 2.37. The third-order valence-corrected chi connectivity index (χ3v) is 4.89. The number of nitrogens with zero attached hydrogens (tertiary/aromatic N) is 1. The van der Waals surface area contributed by atoms with Crippen LogP contribution in [0.4, 0.5) is 9.59 Å². The lowest BCUT2D eigenvalue weighted by atomic mass is 10.2. The van der Waals surface area contributed by atoms with Crippen LogP contribution in [-0.4, -0.2) is 66.8 Å². The van der Waals surface area contributed by atoms with Gasteiger partial charge >= 0.3 is 12.2 Å². The van der Waals surface area contributed by atoms with Crippen LogP contribution in [-0.2, 0) is 19.5 Å². The van der Waals surface area contributed by atoms with Gasteiger partial charge in [-0.15, -0.1) is 0 Å². The van der Waals surface area contributed by atoms with Gasteiger partial charge in [0.05, 0.1) is 6.04 Å². The third kappa shape index (κ3) is 8.45. The molecule has 0 radical (unpaired) electrons. The Kier molecular flexibility index (Phi) is 7.22. The van der Waals surface area contributed by atoms with Crippen LogP contribution in [0.25, 0.3) is 0 Å². The summed E-state index contributed by atoms with van der Waals surface area (Å²) in [4.78, 5) is 25.8. The van der Waals surface area contributed by atoms with E-state index in [1.807, 2.05) is 0 Å². The number of hydrogen-bond donors (Lipinski definition) is 3. The van der Waals surface area contributed by atoms with E-state index in [9.17, 15) is 18.0 Å². The van der Waals surface area contributed by atoms with Crippen molar-refractivity contribution < 1.29 is 27.5 Å². The molecule has 0 aliphatic carbocycles. The number of nitrogens with two attached hydrogens (primary N) is 1. The highest BCUT2D eigenvalue weighted by Crippen LogP contribution is 2.24. The van der Waals surface area contributed by atoms with E-state index in [1.54, 1.807) is 20.8 Å². The van der Waals surface area contributed by atoms with E-state index in [-0.39, 0.29) is 17.8 Å². The SMILES string of the molecule is CC(C)(C)OC(=O)N1C[C@@H](S)C[C@H]1CNC(=O)OC(C)(C)CS(N)(=O)=O. The molecule has 9 nitrogen and oxygen atoms in total. The van der Waals surface area contributed by atoms with Crippen molar-refractivity contribution in [3.05, 3.63) is 0 Å².